The molecule has 0 aliphatic rings. The van der Waals surface area contributed by atoms with Gasteiger partial charge >= 0.3 is 5.97 Å². The summed E-state index contributed by atoms with van der Waals surface area (Å²) in [4.78, 5) is 30.7. The van der Waals surface area contributed by atoms with Gasteiger partial charge in [-0.15, -0.1) is 0 Å². The number of benzene rings is 1. The molecule has 0 saturated heterocycles. The molecule has 0 heterocycles. The van der Waals surface area contributed by atoms with E-state index < -0.39 is 33.1 Å². The van der Waals surface area contributed by atoms with Crippen LogP contribution >= 0.6 is 0 Å². The van der Waals surface area contributed by atoms with Gasteiger partial charge in [-0.1, -0.05) is 6.92 Å². The van der Waals surface area contributed by atoms with E-state index in [2.05, 4.69) is 5.32 Å². The van der Waals surface area contributed by atoms with Crippen LogP contribution in [0.5, 0.6) is 0 Å². The van der Waals surface area contributed by atoms with Crippen molar-refractivity contribution < 1.29 is 19.7 Å². The first-order valence-electron chi connectivity index (χ1n) is 5.23. The van der Waals surface area contributed by atoms with Crippen molar-refractivity contribution in [3.05, 3.63) is 38.4 Å². The molecule has 9 nitrogen and oxygen atoms in total. The van der Waals surface area contributed by atoms with Crippen LogP contribution < -0.4 is 5.32 Å². The number of hydrogen-bond acceptors (Lipinski definition) is 6. The zero-order valence-corrected chi connectivity index (χ0v) is 9.90. The van der Waals surface area contributed by atoms with Crippen LogP contribution in [0.4, 0.5) is 17.1 Å². The Balaban J connectivity index is 3.11. The molecule has 0 saturated carbocycles. The minimum atomic E-state index is -1.10. The smallest absolute Gasteiger partial charge is 0.308 e. The third kappa shape index (κ3) is 3.37. The third-order valence-electron chi connectivity index (χ3n) is 2.42. The maximum Gasteiger partial charge on any atom is 0.308 e. The second kappa shape index (κ2) is 5.76. The molecule has 1 aromatic carbocycles. The number of carboxylic acid groups (broad SMARTS) is 1. The lowest BCUT2D eigenvalue weighted by Gasteiger charge is -2.10. The summed E-state index contributed by atoms with van der Waals surface area (Å²) in [5.41, 5.74) is -1.22. The molecule has 0 aliphatic carbocycles. The lowest BCUT2D eigenvalue weighted by molar-refractivity contribution is -0.392. The van der Waals surface area contributed by atoms with Crippen LogP contribution in [0, 0.1) is 26.1 Å². The van der Waals surface area contributed by atoms with E-state index >= 15 is 0 Å². The number of nitrogens with zero attached hydrogens (tertiary/aromatic N) is 2. The molecule has 9 heteroatoms. The minimum absolute atomic E-state index is 0.152. The zero-order chi connectivity index (χ0) is 14.6. The standard InChI is InChI=1S/C10H11N3O6/c1-6(10(14)15)5-11-9-7(12(16)17)3-2-4-8(9)13(18)19/h2-4,6,11H,5H2,1H3,(H,14,15). The van der Waals surface area contributed by atoms with E-state index in [0.29, 0.717) is 0 Å². The van der Waals surface area contributed by atoms with Crippen LogP contribution in [0.1, 0.15) is 6.92 Å². The van der Waals surface area contributed by atoms with Gasteiger partial charge in [0, 0.05) is 18.7 Å². The molecule has 1 rings (SSSR count). The lowest BCUT2D eigenvalue weighted by atomic mass is 10.1. The Morgan fingerprint density at radius 2 is 1.79 bits per heavy atom. The van der Waals surface area contributed by atoms with Crippen molar-refractivity contribution in [2.24, 2.45) is 5.92 Å². The Morgan fingerprint density at radius 1 is 1.32 bits per heavy atom. The second-order valence-electron chi connectivity index (χ2n) is 3.81. The summed E-state index contributed by atoms with van der Waals surface area (Å²) in [6.07, 6.45) is 0. The van der Waals surface area contributed by atoms with E-state index in [4.69, 9.17) is 5.11 Å². The summed E-state index contributed by atoms with van der Waals surface area (Å²) in [7, 11) is 0. The molecular weight excluding hydrogens is 258 g/mol. The summed E-state index contributed by atoms with van der Waals surface area (Å²) in [6.45, 7) is 1.23. The molecule has 0 bridgehead atoms. The van der Waals surface area contributed by atoms with Gasteiger partial charge in [-0.25, -0.2) is 0 Å². The zero-order valence-electron chi connectivity index (χ0n) is 9.90. The number of anilines is 1. The van der Waals surface area contributed by atoms with Crippen molar-refractivity contribution in [2.75, 3.05) is 11.9 Å². The number of hydrogen-bond donors (Lipinski definition) is 2. The quantitative estimate of drug-likeness (QED) is 0.591. The highest BCUT2D eigenvalue weighted by molar-refractivity contribution is 5.75. The van der Waals surface area contributed by atoms with Gasteiger partial charge in [-0.2, -0.15) is 0 Å². The van der Waals surface area contributed by atoms with Crippen molar-refractivity contribution in [2.45, 2.75) is 6.92 Å². The highest BCUT2D eigenvalue weighted by Gasteiger charge is 2.25. The van der Waals surface area contributed by atoms with E-state index in [-0.39, 0.29) is 12.2 Å². The highest BCUT2D eigenvalue weighted by Crippen LogP contribution is 2.33. The van der Waals surface area contributed by atoms with Crippen molar-refractivity contribution >= 4 is 23.0 Å². The fraction of sp³-hybridized carbons (Fsp3) is 0.300. The molecular formula is C10H11N3O6. The van der Waals surface area contributed by atoms with E-state index in [0.717, 1.165) is 12.1 Å². The fourth-order valence-corrected chi connectivity index (χ4v) is 1.36. The Hall–Kier alpha value is -2.71. The normalized spacial score (nSPS) is 11.6. The molecule has 102 valence electrons. The summed E-state index contributed by atoms with van der Waals surface area (Å²) < 4.78 is 0. The molecule has 1 atom stereocenters. The van der Waals surface area contributed by atoms with Crippen molar-refractivity contribution in [1.82, 2.24) is 0 Å². The number of nitrogens with one attached hydrogen (secondary N) is 1. The summed E-state index contributed by atoms with van der Waals surface area (Å²) in [5, 5.41) is 32.8. The maximum atomic E-state index is 10.8. The first kappa shape index (κ1) is 14.4. The molecule has 2 N–H and O–H groups in total. The lowest BCUT2D eigenvalue weighted by Crippen LogP contribution is -2.20. The number of aliphatic carboxylic acids is 1. The molecule has 19 heavy (non-hydrogen) atoms. The Morgan fingerprint density at radius 3 is 2.16 bits per heavy atom. The van der Waals surface area contributed by atoms with Gasteiger partial charge in [0.15, 0.2) is 5.69 Å². The van der Waals surface area contributed by atoms with Crippen LogP contribution in [0.15, 0.2) is 18.2 Å². The number of nitro groups is 2. The predicted octanol–water partition coefficient (Wildman–Crippen LogP) is 1.64. The number of carboxylic acids is 1. The van der Waals surface area contributed by atoms with Gasteiger partial charge in [0.05, 0.1) is 15.8 Å². The van der Waals surface area contributed by atoms with Crippen molar-refractivity contribution in [1.29, 1.82) is 0 Å². The highest BCUT2D eigenvalue weighted by atomic mass is 16.6. The third-order valence-corrected chi connectivity index (χ3v) is 2.42. The van der Waals surface area contributed by atoms with Gasteiger partial charge < -0.3 is 10.4 Å². The van der Waals surface area contributed by atoms with Gasteiger partial charge in [-0.05, 0) is 6.07 Å². The van der Waals surface area contributed by atoms with Crippen molar-refractivity contribution in [3.8, 4) is 0 Å². The largest absolute Gasteiger partial charge is 0.481 e. The number of rotatable bonds is 6. The number of carbonyl (C=O) groups is 1. The molecule has 0 spiro atoms. The summed E-state index contributed by atoms with van der Waals surface area (Å²) >= 11 is 0. The van der Waals surface area contributed by atoms with Gasteiger partial charge in [0.1, 0.15) is 0 Å². The Kier molecular flexibility index (Phi) is 4.35. The number of para-hydroxylation sites is 1. The maximum absolute atomic E-state index is 10.8. The molecule has 0 amide bonds. The average Bonchev–Trinajstić information content (AvgIpc) is 2.34. The topological polar surface area (TPSA) is 136 Å². The van der Waals surface area contributed by atoms with E-state index in [1.165, 1.54) is 13.0 Å². The minimum Gasteiger partial charge on any atom is -0.481 e. The molecule has 0 fully saturated rings. The van der Waals surface area contributed by atoms with Gasteiger partial charge in [-0.3, -0.25) is 25.0 Å². The van der Waals surface area contributed by atoms with Crippen LogP contribution in [-0.4, -0.2) is 27.5 Å². The Labute approximate surface area is 107 Å². The van der Waals surface area contributed by atoms with E-state index in [1.54, 1.807) is 0 Å². The molecule has 0 radical (unpaired) electrons. The van der Waals surface area contributed by atoms with Crippen LogP contribution in [0.25, 0.3) is 0 Å². The SMILES string of the molecule is CC(CNc1c([N+](=O)[O-])cccc1[N+](=O)[O-])C(=O)O. The predicted molar refractivity (Wildman–Crippen MR) is 65.0 cm³/mol. The van der Waals surface area contributed by atoms with Crippen LogP contribution in [-0.2, 0) is 4.79 Å². The Bertz CT molecular complexity index is 498. The van der Waals surface area contributed by atoms with E-state index in [1.807, 2.05) is 0 Å². The first-order chi connectivity index (χ1) is 8.84. The summed E-state index contributed by atoms with van der Waals surface area (Å²) in [5.74, 6) is -1.94. The number of nitro benzene ring substituents is 2. The monoisotopic (exact) mass is 269 g/mol. The van der Waals surface area contributed by atoms with Gasteiger partial charge in [0.2, 0.25) is 0 Å². The fourth-order valence-electron chi connectivity index (χ4n) is 1.36. The average molecular weight is 269 g/mol. The molecule has 1 aromatic rings. The molecule has 1 unspecified atom stereocenters. The van der Waals surface area contributed by atoms with E-state index in [9.17, 15) is 25.0 Å². The van der Waals surface area contributed by atoms with Crippen LogP contribution in [0.3, 0.4) is 0 Å². The van der Waals surface area contributed by atoms with Crippen LogP contribution in [0.2, 0.25) is 0 Å². The molecule has 0 aromatic heterocycles. The first-order valence-corrected chi connectivity index (χ1v) is 5.23. The molecule has 0 aliphatic heterocycles. The second-order valence-corrected chi connectivity index (χ2v) is 3.81. The van der Waals surface area contributed by atoms with Crippen molar-refractivity contribution in [3.63, 3.8) is 0 Å². The summed E-state index contributed by atoms with van der Waals surface area (Å²) in [6, 6.07) is 3.42. The van der Waals surface area contributed by atoms with Gasteiger partial charge in [0.25, 0.3) is 11.4 Å².